The summed E-state index contributed by atoms with van der Waals surface area (Å²) in [7, 11) is 0. The smallest absolute Gasteiger partial charge is 0.134 e. The zero-order valence-corrected chi connectivity index (χ0v) is 18.0. The number of anilines is 1. The van der Waals surface area contributed by atoms with Crippen LogP contribution in [-0.4, -0.2) is 59.3 Å². The maximum Gasteiger partial charge on any atom is 0.134 e. The number of halogens is 2. The van der Waals surface area contributed by atoms with Crippen molar-refractivity contribution >= 4 is 30.6 Å². The van der Waals surface area contributed by atoms with Crippen molar-refractivity contribution in [3.05, 3.63) is 17.6 Å². The van der Waals surface area contributed by atoms with Gasteiger partial charge in [-0.2, -0.15) is 0 Å². The fourth-order valence-corrected chi connectivity index (χ4v) is 3.80. The Morgan fingerprint density at radius 2 is 1.81 bits per heavy atom. The van der Waals surface area contributed by atoms with Gasteiger partial charge in [0, 0.05) is 54.8 Å². The summed E-state index contributed by atoms with van der Waals surface area (Å²) in [6.45, 7) is 9.11. The molecule has 0 unspecified atom stereocenters. The van der Waals surface area contributed by atoms with E-state index in [0.29, 0.717) is 17.9 Å². The lowest BCUT2D eigenvalue weighted by molar-refractivity contribution is -0.00570. The van der Waals surface area contributed by atoms with Gasteiger partial charge < -0.3 is 15.8 Å². The van der Waals surface area contributed by atoms with E-state index in [9.17, 15) is 0 Å². The SMILES string of the molecule is CC(C)(CNc1cc(C2CC(N)C2)nc(C2CC2)n1)N1CCOCC1.Cl.Cl. The first kappa shape index (κ1) is 22.6. The molecule has 6 nitrogen and oxygen atoms in total. The third kappa shape index (κ3) is 5.45. The lowest BCUT2D eigenvalue weighted by Gasteiger charge is -2.41. The summed E-state index contributed by atoms with van der Waals surface area (Å²) in [6, 6.07) is 2.50. The number of hydrogen-bond acceptors (Lipinski definition) is 6. The highest BCUT2D eigenvalue weighted by molar-refractivity contribution is 5.85. The number of hydrogen-bond donors (Lipinski definition) is 2. The topological polar surface area (TPSA) is 76.3 Å². The minimum Gasteiger partial charge on any atom is -0.379 e. The van der Waals surface area contributed by atoms with Crippen LogP contribution in [0, 0.1) is 0 Å². The van der Waals surface area contributed by atoms with E-state index in [2.05, 4.69) is 30.1 Å². The van der Waals surface area contributed by atoms with Crippen LogP contribution in [0.3, 0.4) is 0 Å². The Balaban J connectivity index is 0.00000131. The molecule has 0 amide bonds. The third-order valence-electron chi connectivity index (χ3n) is 5.87. The van der Waals surface area contributed by atoms with Gasteiger partial charge in [0.2, 0.25) is 0 Å². The minimum absolute atomic E-state index is 0. The van der Waals surface area contributed by atoms with Gasteiger partial charge in [0.1, 0.15) is 11.6 Å². The van der Waals surface area contributed by atoms with E-state index in [-0.39, 0.29) is 30.4 Å². The molecular formula is C19H33Cl2N5O. The molecule has 1 saturated heterocycles. The van der Waals surface area contributed by atoms with Crippen molar-refractivity contribution < 1.29 is 4.74 Å². The molecule has 2 heterocycles. The van der Waals surface area contributed by atoms with E-state index < -0.39 is 0 Å². The zero-order chi connectivity index (χ0) is 17.4. The van der Waals surface area contributed by atoms with Gasteiger partial charge in [-0.1, -0.05) is 0 Å². The minimum atomic E-state index is 0. The van der Waals surface area contributed by atoms with E-state index in [1.54, 1.807) is 0 Å². The molecule has 2 saturated carbocycles. The Hall–Kier alpha value is -0.660. The molecule has 8 heteroatoms. The summed E-state index contributed by atoms with van der Waals surface area (Å²) >= 11 is 0. The number of nitrogens with one attached hydrogen (secondary N) is 1. The Bertz CT molecular complexity index is 614. The van der Waals surface area contributed by atoms with Crippen LogP contribution in [0.1, 0.15) is 62.9 Å². The first-order valence-electron chi connectivity index (χ1n) is 9.72. The molecule has 1 aromatic rings. The Labute approximate surface area is 174 Å². The van der Waals surface area contributed by atoms with Crippen LogP contribution in [0.2, 0.25) is 0 Å². The number of rotatable bonds is 6. The predicted molar refractivity (Wildman–Crippen MR) is 113 cm³/mol. The average molecular weight is 418 g/mol. The van der Waals surface area contributed by atoms with Gasteiger partial charge in [-0.05, 0) is 39.5 Å². The number of nitrogens with two attached hydrogens (primary N) is 1. The highest BCUT2D eigenvalue weighted by Crippen LogP contribution is 2.41. The number of nitrogens with zero attached hydrogens (tertiary/aromatic N) is 3. The van der Waals surface area contributed by atoms with Crippen LogP contribution in [0.15, 0.2) is 6.07 Å². The van der Waals surface area contributed by atoms with Gasteiger partial charge in [0.15, 0.2) is 0 Å². The molecule has 1 aliphatic heterocycles. The van der Waals surface area contributed by atoms with Crippen molar-refractivity contribution in [1.82, 2.24) is 14.9 Å². The van der Waals surface area contributed by atoms with Crippen molar-refractivity contribution in [2.24, 2.45) is 5.73 Å². The first-order valence-corrected chi connectivity index (χ1v) is 9.72. The average Bonchev–Trinajstić information content (AvgIpc) is 3.43. The maximum absolute atomic E-state index is 5.98. The molecule has 0 bridgehead atoms. The number of ether oxygens (including phenoxy) is 1. The van der Waals surface area contributed by atoms with Crippen molar-refractivity contribution in [2.75, 3.05) is 38.2 Å². The van der Waals surface area contributed by atoms with Crippen molar-refractivity contribution in [1.29, 1.82) is 0 Å². The summed E-state index contributed by atoms with van der Waals surface area (Å²) in [4.78, 5) is 12.2. The summed E-state index contributed by atoms with van der Waals surface area (Å²) in [6.07, 6.45) is 4.57. The highest BCUT2D eigenvalue weighted by Gasteiger charge is 2.33. The maximum atomic E-state index is 5.98. The van der Waals surface area contributed by atoms with Crippen LogP contribution in [0.25, 0.3) is 0 Å². The van der Waals surface area contributed by atoms with Crippen LogP contribution in [0.5, 0.6) is 0 Å². The standard InChI is InChI=1S/C19H31N5O.2ClH/c1-19(2,24-5-7-25-8-6-24)12-21-17-11-16(14-9-15(20)10-14)22-18(23-17)13-3-4-13;;/h11,13-15H,3-10,12,20H2,1-2H3,(H,21,22,23);2*1H. The lowest BCUT2D eigenvalue weighted by Crippen LogP contribution is -2.53. The Morgan fingerprint density at radius 3 is 2.41 bits per heavy atom. The van der Waals surface area contributed by atoms with Crippen LogP contribution in [-0.2, 0) is 4.74 Å². The fraction of sp³-hybridized carbons (Fsp3) is 0.789. The van der Waals surface area contributed by atoms with Crippen LogP contribution in [0.4, 0.5) is 5.82 Å². The van der Waals surface area contributed by atoms with Gasteiger partial charge in [-0.25, -0.2) is 9.97 Å². The second-order valence-electron chi connectivity index (χ2n) is 8.50. The molecule has 3 aliphatic rings. The molecule has 3 N–H and O–H groups in total. The van der Waals surface area contributed by atoms with Crippen LogP contribution >= 0.6 is 24.8 Å². The zero-order valence-electron chi connectivity index (χ0n) is 16.3. The highest BCUT2D eigenvalue weighted by atomic mass is 35.5. The van der Waals surface area contributed by atoms with E-state index in [0.717, 1.165) is 57.3 Å². The summed E-state index contributed by atoms with van der Waals surface area (Å²) in [5, 5.41) is 3.60. The second kappa shape index (κ2) is 9.23. The van der Waals surface area contributed by atoms with Crippen molar-refractivity contribution in [3.63, 3.8) is 0 Å². The van der Waals surface area contributed by atoms with Crippen molar-refractivity contribution in [2.45, 2.75) is 62.9 Å². The third-order valence-corrected chi connectivity index (χ3v) is 5.87. The van der Waals surface area contributed by atoms with Gasteiger partial charge in [-0.15, -0.1) is 24.8 Å². The summed E-state index contributed by atoms with van der Waals surface area (Å²) in [5.41, 5.74) is 7.24. The van der Waals surface area contributed by atoms with Gasteiger partial charge in [0.25, 0.3) is 0 Å². The lowest BCUT2D eigenvalue weighted by atomic mass is 9.78. The monoisotopic (exact) mass is 417 g/mol. The van der Waals surface area contributed by atoms with Crippen LogP contribution < -0.4 is 11.1 Å². The van der Waals surface area contributed by atoms with Gasteiger partial charge >= 0.3 is 0 Å². The molecule has 27 heavy (non-hydrogen) atoms. The van der Waals surface area contributed by atoms with E-state index >= 15 is 0 Å². The van der Waals surface area contributed by atoms with E-state index in [1.165, 1.54) is 18.5 Å². The fourth-order valence-electron chi connectivity index (χ4n) is 3.80. The molecule has 4 rings (SSSR count). The molecule has 0 aromatic carbocycles. The number of morpholine rings is 1. The molecule has 1 aromatic heterocycles. The summed E-state index contributed by atoms with van der Waals surface area (Å²) in [5.74, 6) is 3.10. The van der Waals surface area contributed by atoms with Gasteiger partial charge in [-0.3, -0.25) is 4.90 Å². The first-order chi connectivity index (χ1) is 12.0. The number of aromatic nitrogens is 2. The van der Waals surface area contributed by atoms with E-state index in [4.69, 9.17) is 20.4 Å². The quantitative estimate of drug-likeness (QED) is 0.740. The largest absolute Gasteiger partial charge is 0.379 e. The Morgan fingerprint density at radius 1 is 1.15 bits per heavy atom. The molecule has 3 fully saturated rings. The second-order valence-corrected chi connectivity index (χ2v) is 8.50. The van der Waals surface area contributed by atoms with Gasteiger partial charge in [0.05, 0.1) is 13.2 Å². The van der Waals surface area contributed by atoms with E-state index in [1.807, 2.05) is 0 Å². The molecule has 154 valence electrons. The summed E-state index contributed by atoms with van der Waals surface area (Å²) < 4.78 is 5.48. The molecule has 0 spiro atoms. The molecule has 2 aliphatic carbocycles. The molecule has 0 radical (unpaired) electrons. The Kier molecular flexibility index (Phi) is 7.73. The normalized spacial score (nSPS) is 25.7. The predicted octanol–water partition coefficient (Wildman–Crippen LogP) is 2.93. The van der Waals surface area contributed by atoms with Crippen molar-refractivity contribution in [3.8, 4) is 0 Å². The molecule has 0 atom stereocenters. The molecular weight excluding hydrogens is 385 g/mol.